The van der Waals surface area contributed by atoms with Gasteiger partial charge in [0.15, 0.2) is 6.61 Å². The molecule has 0 aliphatic carbocycles. The number of hydrogen-bond acceptors (Lipinski definition) is 6. The van der Waals surface area contributed by atoms with E-state index in [1.807, 2.05) is 26.0 Å². The van der Waals surface area contributed by atoms with E-state index in [4.69, 9.17) is 4.74 Å². The third kappa shape index (κ3) is 6.78. The van der Waals surface area contributed by atoms with Crippen LogP contribution >= 0.6 is 11.3 Å². The van der Waals surface area contributed by atoms with E-state index in [0.717, 1.165) is 22.3 Å². The first-order valence-corrected chi connectivity index (χ1v) is 10.9. The van der Waals surface area contributed by atoms with Crippen molar-refractivity contribution in [1.29, 1.82) is 0 Å². The summed E-state index contributed by atoms with van der Waals surface area (Å²) in [5, 5.41) is 2.73. The molecular weight excluding hydrogens is 388 g/mol. The number of carbonyl (C=O) groups is 2. The molecule has 9 heteroatoms. The summed E-state index contributed by atoms with van der Waals surface area (Å²) in [5.74, 6) is -0.996. The van der Waals surface area contributed by atoms with Gasteiger partial charge in [0.25, 0.3) is 5.91 Å². The van der Waals surface area contributed by atoms with E-state index < -0.39 is 21.9 Å². The molecule has 27 heavy (non-hydrogen) atoms. The Morgan fingerprint density at radius 2 is 1.89 bits per heavy atom. The highest BCUT2D eigenvalue weighted by molar-refractivity contribution is 7.88. The molecule has 2 aromatic rings. The number of anilines is 1. The zero-order chi connectivity index (χ0) is 20.0. The molecule has 0 fully saturated rings. The average Bonchev–Trinajstić information content (AvgIpc) is 3.04. The molecule has 1 heterocycles. The van der Waals surface area contributed by atoms with E-state index >= 15 is 0 Å². The van der Waals surface area contributed by atoms with Gasteiger partial charge in [-0.05, 0) is 49.6 Å². The number of amides is 1. The molecule has 0 aliphatic rings. The molecule has 0 bridgehead atoms. The summed E-state index contributed by atoms with van der Waals surface area (Å²) in [7, 11) is -3.24. The normalized spacial score (nSPS) is 11.2. The van der Waals surface area contributed by atoms with Crippen molar-refractivity contribution in [3.63, 3.8) is 0 Å². The molecule has 7 nitrogen and oxygen atoms in total. The van der Waals surface area contributed by atoms with E-state index in [1.54, 1.807) is 18.2 Å². The number of aryl methyl sites for hydroxylation is 1. The molecule has 0 spiro atoms. The van der Waals surface area contributed by atoms with Crippen LogP contribution in [0.3, 0.4) is 0 Å². The molecule has 0 unspecified atom stereocenters. The van der Waals surface area contributed by atoms with Gasteiger partial charge in [0.2, 0.25) is 10.0 Å². The molecule has 2 rings (SSSR count). The first kappa shape index (κ1) is 21.1. The molecule has 1 amide bonds. The Hall–Kier alpha value is -2.23. The summed E-state index contributed by atoms with van der Waals surface area (Å²) < 4.78 is 29.5. The molecule has 146 valence electrons. The van der Waals surface area contributed by atoms with Crippen LogP contribution in [0.2, 0.25) is 0 Å². The second-order valence-electron chi connectivity index (χ2n) is 6.05. The van der Waals surface area contributed by atoms with E-state index in [-0.39, 0.29) is 13.2 Å². The van der Waals surface area contributed by atoms with E-state index in [2.05, 4.69) is 10.0 Å². The maximum absolute atomic E-state index is 12.1. The van der Waals surface area contributed by atoms with Crippen LogP contribution in [-0.2, 0) is 26.0 Å². The number of nitrogens with one attached hydrogen (secondary N) is 2. The summed E-state index contributed by atoms with van der Waals surface area (Å²) in [6.07, 6.45) is 1.56. The topological polar surface area (TPSA) is 102 Å². The van der Waals surface area contributed by atoms with Crippen molar-refractivity contribution < 1.29 is 22.7 Å². The lowest BCUT2D eigenvalue weighted by Crippen LogP contribution is -2.24. The number of rotatable bonds is 8. The predicted octanol–water partition coefficient (Wildman–Crippen LogP) is 2.25. The van der Waals surface area contributed by atoms with Crippen LogP contribution < -0.4 is 10.0 Å². The van der Waals surface area contributed by atoms with Crippen molar-refractivity contribution in [3.8, 4) is 0 Å². The number of sulfonamides is 1. The lowest BCUT2D eigenvalue weighted by Gasteiger charge is -2.10. The fourth-order valence-corrected chi connectivity index (χ4v) is 3.63. The first-order valence-electron chi connectivity index (χ1n) is 8.22. The Morgan fingerprint density at radius 3 is 2.59 bits per heavy atom. The largest absolute Gasteiger partial charge is 0.451 e. The van der Waals surface area contributed by atoms with Crippen molar-refractivity contribution in [2.24, 2.45) is 0 Å². The van der Waals surface area contributed by atoms with Gasteiger partial charge in [0.05, 0.1) is 6.26 Å². The zero-order valence-corrected chi connectivity index (χ0v) is 17.0. The lowest BCUT2D eigenvalue weighted by atomic mass is 10.1. The number of esters is 1. The summed E-state index contributed by atoms with van der Waals surface area (Å²) in [6.45, 7) is 3.73. The maximum Gasteiger partial charge on any atom is 0.348 e. The predicted molar refractivity (Wildman–Crippen MR) is 106 cm³/mol. The van der Waals surface area contributed by atoms with Gasteiger partial charge in [0, 0.05) is 17.1 Å². The quantitative estimate of drug-likeness (QED) is 0.650. The van der Waals surface area contributed by atoms with Crippen LogP contribution in [0.15, 0.2) is 30.3 Å². The van der Waals surface area contributed by atoms with Crippen molar-refractivity contribution >= 4 is 38.9 Å². The van der Waals surface area contributed by atoms with Crippen molar-refractivity contribution in [3.05, 3.63) is 51.2 Å². The number of ether oxygens (including phenoxy) is 1. The minimum absolute atomic E-state index is 0.256. The van der Waals surface area contributed by atoms with Crippen LogP contribution in [0.25, 0.3) is 0 Å². The van der Waals surface area contributed by atoms with Crippen LogP contribution in [0.5, 0.6) is 0 Å². The molecule has 0 aliphatic heterocycles. The fourth-order valence-electron chi connectivity index (χ4n) is 2.26. The van der Waals surface area contributed by atoms with E-state index in [9.17, 15) is 18.0 Å². The van der Waals surface area contributed by atoms with Gasteiger partial charge in [-0.15, -0.1) is 11.3 Å². The van der Waals surface area contributed by atoms with Crippen LogP contribution in [-0.4, -0.2) is 39.7 Å². The number of benzene rings is 1. The van der Waals surface area contributed by atoms with Gasteiger partial charge in [-0.1, -0.05) is 12.1 Å². The van der Waals surface area contributed by atoms with Crippen LogP contribution in [0.1, 0.15) is 25.7 Å². The fraction of sp³-hybridized carbons (Fsp3) is 0.333. The Bertz CT molecular complexity index is 935. The zero-order valence-electron chi connectivity index (χ0n) is 15.4. The molecule has 0 radical (unpaired) electrons. The first-order chi connectivity index (χ1) is 12.7. The summed E-state index contributed by atoms with van der Waals surface area (Å²) >= 11 is 1.21. The maximum atomic E-state index is 12.1. The van der Waals surface area contributed by atoms with Gasteiger partial charge in [-0.2, -0.15) is 0 Å². The van der Waals surface area contributed by atoms with Gasteiger partial charge < -0.3 is 10.1 Å². The van der Waals surface area contributed by atoms with Crippen LogP contribution in [0.4, 0.5) is 5.69 Å². The molecule has 0 atom stereocenters. The molecule has 1 aromatic carbocycles. The van der Waals surface area contributed by atoms with Crippen molar-refractivity contribution in [1.82, 2.24) is 4.72 Å². The Morgan fingerprint density at radius 1 is 1.15 bits per heavy atom. The third-order valence-corrected chi connectivity index (χ3v) is 5.67. The number of thiophene rings is 1. The number of carbonyl (C=O) groups excluding carboxylic acids is 2. The van der Waals surface area contributed by atoms with Gasteiger partial charge in [0.1, 0.15) is 4.88 Å². The van der Waals surface area contributed by atoms with Crippen LogP contribution in [0, 0.1) is 13.8 Å². The third-order valence-electron chi connectivity index (χ3n) is 3.81. The minimum Gasteiger partial charge on any atom is -0.451 e. The Balaban J connectivity index is 1.83. The second kappa shape index (κ2) is 9.12. The minimum atomic E-state index is -3.24. The lowest BCUT2D eigenvalue weighted by molar-refractivity contribution is -0.119. The molecule has 2 N–H and O–H groups in total. The monoisotopic (exact) mass is 410 g/mol. The van der Waals surface area contributed by atoms with Crippen molar-refractivity contribution in [2.75, 3.05) is 24.7 Å². The molecular formula is C18H22N2O5S2. The van der Waals surface area contributed by atoms with Gasteiger partial charge in [-0.25, -0.2) is 17.9 Å². The average molecular weight is 411 g/mol. The van der Waals surface area contributed by atoms with Gasteiger partial charge in [-0.3, -0.25) is 4.79 Å². The number of hydrogen-bond donors (Lipinski definition) is 2. The summed E-state index contributed by atoms with van der Waals surface area (Å²) in [6, 6.07) is 8.92. The highest BCUT2D eigenvalue weighted by Gasteiger charge is 2.14. The molecule has 1 aromatic heterocycles. The second-order valence-corrected chi connectivity index (χ2v) is 9.06. The van der Waals surface area contributed by atoms with Gasteiger partial charge >= 0.3 is 5.97 Å². The van der Waals surface area contributed by atoms with Crippen molar-refractivity contribution in [2.45, 2.75) is 20.3 Å². The summed E-state index contributed by atoms with van der Waals surface area (Å²) in [4.78, 5) is 25.3. The SMILES string of the molecule is Cc1cccc(NC(=O)COC(=O)c2ccc(CCNS(C)(=O)=O)s2)c1C. The smallest absolute Gasteiger partial charge is 0.348 e. The Labute approximate surface area is 162 Å². The van der Waals surface area contributed by atoms with E-state index in [1.165, 1.54) is 11.3 Å². The Kier molecular flexibility index (Phi) is 7.11. The highest BCUT2D eigenvalue weighted by Crippen LogP contribution is 2.19. The standard InChI is InChI=1S/C18H22N2O5S2/c1-12-5-4-6-15(13(12)2)20-17(21)11-25-18(22)16-8-7-14(26-16)9-10-19-27(3,23)24/h4-8,19H,9-11H2,1-3H3,(H,20,21). The van der Waals surface area contributed by atoms with E-state index in [0.29, 0.717) is 17.0 Å². The highest BCUT2D eigenvalue weighted by atomic mass is 32.2. The molecule has 0 saturated carbocycles. The molecule has 0 saturated heterocycles. The summed E-state index contributed by atoms with van der Waals surface area (Å²) in [5.41, 5.74) is 2.71.